The molecule has 0 unspecified atom stereocenters. The van der Waals surface area contributed by atoms with Gasteiger partial charge in [0.25, 0.3) is 0 Å². The van der Waals surface area contributed by atoms with Crippen LogP contribution < -0.4 is 0 Å². The molecule has 2 heteroatoms. The zero-order valence-electron chi connectivity index (χ0n) is 12.9. The van der Waals surface area contributed by atoms with Gasteiger partial charge in [-0.1, -0.05) is 70.5 Å². The van der Waals surface area contributed by atoms with Gasteiger partial charge in [-0.3, -0.25) is 0 Å². The fourth-order valence-corrected chi connectivity index (χ4v) is 3.98. The molecule has 0 atom stereocenters. The minimum atomic E-state index is 1.11. The minimum Gasteiger partial charge on any atom is -0.309 e. The summed E-state index contributed by atoms with van der Waals surface area (Å²) in [6, 6.07) is 30.2. The number of rotatable bonds is 1. The van der Waals surface area contributed by atoms with Crippen LogP contribution in [0.5, 0.6) is 0 Å². The number of para-hydroxylation sites is 2. The molecule has 1 heterocycles. The second-order valence-electron chi connectivity index (χ2n) is 6.02. The topological polar surface area (TPSA) is 4.93 Å². The first-order valence-corrected chi connectivity index (χ1v) is 8.79. The molecule has 0 aliphatic heterocycles. The van der Waals surface area contributed by atoms with Gasteiger partial charge in [0.1, 0.15) is 0 Å². The normalized spacial score (nSPS) is 11.5. The lowest BCUT2D eigenvalue weighted by Gasteiger charge is -2.09. The minimum absolute atomic E-state index is 1.11. The van der Waals surface area contributed by atoms with Gasteiger partial charge < -0.3 is 4.57 Å². The predicted molar refractivity (Wildman–Crippen MR) is 106 cm³/mol. The summed E-state index contributed by atoms with van der Waals surface area (Å²) in [5.74, 6) is 0. The highest BCUT2D eigenvalue weighted by Crippen LogP contribution is 2.36. The Hall–Kier alpha value is -2.58. The number of aromatic nitrogens is 1. The maximum atomic E-state index is 3.59. The molecule has 114 valence electrons. The smallest absolute Gasteiger partial charge is 0.0619 e. The molecule has 5 rings (SSSR count). The lowest BCUT2D eigenvalue weighted by atomic mass is 10.1. The van der Waals surface area contributed by atoms with E-state index in [2.05, 4.69) is 105 Å². The van der Waals surface area contributed by atoms with E-state index in [1.165, 1.54) is 38.3 Å². The van der Waals surface area contributed by atoms with Crippen molar-refractivity contribution in [2.24, 2.45) is 0 Å². The molecule has 0 radical (unpaired) electrons. The van der Waals surface area contributed by atoms with Gasteiger partial charge in [-0.2, -0.15) is 0 Å². The van der Waals surface area contributed by atoms with Gasteiger partial charge in [0.15, 0.2) is 0 Å². The lowest BCUT2D eigenvalue weighted by molar-refractivity contribution is 1.19. The highest BCUT2D eigenvalue weighted by atomic mass is 79.9. The van der Waals surface area contributed by atoms with Crippen molar-refractivity contribution in [1.29, 1.82) is 0 Å². The Morgan fingerprint density at radius 3 is 2.25 bits per heavy atom. The summed E-state index contributed by atoms with van der Waals surface area (Å²) in [4.78, 5) is 0. The average Bonchev–Trinajstić information content (AvgIpc) is 2.97. The summed E-state index contributed by atoms with van der Waals surface area (Å²) in [5.41, 5.74) is 3.71. The van der Waals surface area contributed by atoms with Crippen molar-refractivity contribution in [3.8, 4) is 5.69 Å². The zero-order valence-corrected chi connectivity index (χ0v) is 14.5. The van der Waals surface area contributed by atoms with Crippen LogP contribution in [0.1, 0.15) is 0 Å². The summed E-state index contributed by atoms with van der Waals surface area (Å²) in [6.45, 7) is 0. The van der Waals surface area contributed by atoms with Crippen LogP contribution in [-0.4, -0.2) is 4.57 Å². The molecule has 0 N–H and O–H groups in total. The third kappa shape index (κ3) is 1.93. The highest BCUT2D eigenvalue weighted by Gasteiger charge is 2.14. The van der Waals surface area contributed by atoms with E-state index in [1.54, 1.807) is 0 Å². The summed E-state index contributed by atoms with van der Waals surface area (Å²) in [7, 11) is 0. The molecular formula is C22H14BrN. The van der Waals surface area contributed by atoms with Gasteiger partial charge >= 0.3 is 0 Å². The first-order valence-electron chi connectivity index (χ1n) is 8.00. The van der Waals surface area contributed by atoms with Crippen LogP contribution in [0.15, 0.2) is 89.4 Å². The summed E-state index contributed by atoms with van der Waals surface area (Å²) in [5, 5.41) is 5.11. The number of halogens is 1. The molecule has 1 aromatic heterocycles. The number of nitrogens with zero attached hydrogens (tertiary/aromatic N) is 1. The van der Waals surface area contributed by atoms with Gasteiger partial charge in [0, 0.05) is 26.3 Å². The average molecular weight is 372 g/mol. The molecule has 0 fully saturated rings. The van der Waals surface area contributed by atoms with E-state index in [4.69, 9.17) is 0 Å². The summed E-state index contributed by atoms with van der Waals surface area (Å²) in [6.07, 6.45) is 0. The van der Waals surface area contributed by atoms with Crippen LogP contribution in [0.4, 0.5) is 0 Å². The molecule has 0 aliphatic rings. The largest absolute Gasteiger partial charge is 0.309 e. The van der Waals surface area contributed by atoms with Gasteiger partial charge in [0.2, 0.25) is 0 Å². The van der Waals surface area contributed by atoms with E-state index in [0.717, 1.165) is 4.47 Å². The van der Waals surface area contributed by atoms with E-state index < -0.39 is 0 Å². The molecule has 4 aromatic carbocycles. The van der Waals surface area contributed by atoms with E-state index in [0.29, 0.717) is 0 Å². The number of fused-ring (bicyclic) bond motifs is 5. The van der Waals surface area contributed by atoms with Crippen LogP contribution in [0, 0.1) is 0 Å². The molecule has 0 saturated carbocycles. The SMILES string of the molecule is Brc1ccc2c(ccc3c4ccccc4n(-c4ccccc4)c23)c1. The Labute approximate surface area is 148 Å². The standard InChI is InChI=1S/C22H14BrN/c23-16-11-13-18-15(14-16)10-12-20-19-8-4-5-9-21(19)24(22(18)20)17-6-2-1-3-7-17/h1-14H. The Kier molecular flexibility index (Phi) is 3.00. The van der Waals surface area contributed by atoms with Crippen molar-refractivity contribution >= 4 is 48.5 Å². The molecule has 5 aromatic rings. The summed E-state index contributed by atoms with van der Waals surface area (Å²) < 4.78 is 3.48. The fraction of sp³-hybridized carbons (Fsp3) is 0. The molecule has 0 saturated heterocycles. The fourth-order valence-electron chi connectivity index (χ4n) is 3.60. The highest BCUT2D eigenvalue weighted by molar-refractivity contribution is 9.10. The second kappa shape index (κ2) is 5.22. The first kappa shape index (κ1) is 13.8. The van der Waals surface area contributed by atoms with Crippen LogP contribution >= 0.6 is 15.9 Å². The molecule has 0 spiro atoms. The quantitative estimate of drug-likeness (QED) is 0.309. The zero-order chi connectivity index (χ0) is 16.1. The third-order valence-electron chi connectivity index (χ3n) is 4.63. The van der Waals surface area contributed by atoms with Crippen LogP contribution in [0.2, 0.25) is 0 Å². The Bertz CT molecular complexity index is 1200. The van der Waals surface area contributed by atoms with Crippen LogP contribution in [0.25, 0.3) is 38.3 Å². The van der Waals surface area contributed by atoms with Gasteiger partial charge in [-0.05, 0) is 35.7 Å². The van der Waals surface area contributed by atoms with Crippen molar-refractivity contribution < 1.29 is 0 Å². The van der Waals surface area contributed by atoms with E-state index in [1.807, 2.05) is 0 Å². The van der Waals surface area contributed by atoms with Crippen molar-refractivity contribution in [2.75, 3.05) is 0 Å². The van der Waals surface area contributed by atoms with Crippen LogP contribution in [-0.2, 0) is 0 Å². The predicted octanol–water partition coefficient (Wildman–Crippen LogP) is 6.70. The molecule has 24 heavy (non-hydrogen) atoms. The first-order chi connectivity index (χ1) is 11.8. The van der Waals surface area contributed by atoms with Crippen molar-refractivity contribution in [3.05, 3.63) is 89.4 Å². The van der Waals surface area contributed by atoms with E-state index in [-0.39, 0.29) is 0 Å². The maximum absolute atomic E-state index is 3.59. The van der Waals surface area contributed by atoms with Gasteiger partial charge in [-0.25, -0.2) is 0 Å². The van der Waals surface area contributed by atoms with Crippen molar-refractivity contribution in [1.82, 2.24) is 4.57 Å². The number of hydrogen-bond donors (Lipinski definition) is 0. The number of hydrogen-bond acceptors (Lipinski definition) is 0. The van der Waals surface area contributed by atoms with E-state index in [9.17, 15) is 0 Å². The lowest BCUT2D eigenvalue weighted by Crippen LogP contribution is -1.93. The number of benzene rings is 4. The summed E-state index contributed by atoms with van der Waals surface area (Å²) >= 11 is 3.59. The molecule has 1 nitrogen and oxygen atoms in total. The van der Waals surface area contributed by atoms with Crippen molar-refractivity contribution in [3.63, 3.8) is 0 Å². The molecule has 0 bridgehead atoms. The molecular weight excluding hydrogens is 358 g/mol. The van der Waals surface area contributed by atoms with Gasteiger partial charge in [0.05, 0.1) is 11.0 Å². The van der Waals surface area contributed by atoms with Crippen molar-refractivity contribution in [2.45, 2.75) is 0 Å². The Morgan fingerprint density at radius 2 is 1.38 bits per heavy atom. The monoisotopic (exact) mass is 371 g/mol. The van der Waals surface area contributed by atoms with Crippen LogP contribution in [0.3, 0.4) is 0 Å². The second-order valence-corrected chi connectivity index (χ2v) is 6.93. The Morgan fingerprint density at radius 1 is 0.625 bits per heavy atom. The third-order valence-corrected chi connectivity index (χ3v) is 5.12. The maximum Gasteiger partial charge on any atom is 0.0619 e. The molecule has 0 amide bonds. The Balaban J connectivity index is 2.07. The van der Waals surface area contributed by atoms with Gasteiger partial charge in [-0.15, -0.1) is 0 Å². The molecule has 0 aliphatic carbocycles. The van der Waals surface area contributed by atoms with E-state index >= 15 is 0 Å².